The van der Waals surface area contributed by atoms with Crippen LogP contribution < -0.4 is 15.9 Å². The molecule has 0 amide bonds. The van der Waals surface area contributed by atoms with Crippen LogP contribution in [0.4, 0.5) is 0 Å². The Balaban J connectivity index is 1.72. The van der Waals surface area contributed by atoms with Crippen molar-refractivity contribution in [1.82, 2.24) is 0 Å². The maximum absolute atomic E-state index is 13.5. The molecular weight excluding hydrogens is 459 g/mol. The fraction of sp³-hybridized carbons (Fsp3) is 0.182. The van der Waals surface area contributed by atoms with Gasteiger partial charge in [0, 0.05) is 0 Å². The minimum atomic E-state index is -0.813. The van der Waals surface area contributed by atoms with Crippen molar-refractivity contribution in [3.8, 4) is 0 Å². The molecule has 0 aromatic heterocycles. The molecule has 3 aromatic carbocycles. The Kier molecular flexibility index (Phi) is 8.52. The van der Waals surface area contributed by atoms with Gasteiger partial charge in [0.2, 0.25) is 0 Å². The molecule has 36 heavy (non-hydrogen) atoms. The van der Waals surface area contributed by atoms with Crippen LogP contribution in [-0.4, -0.2) is 12.1 Å². The summed E-state index contributed by atoms with van der Waals surface area (Å²) in [6.45, 7) is 12.3. The largest absolute Gasteiger partial charge is 0.453 e. The number of ether oxygens (including phenoxy) is 1. The van der Waals surface area contributed by atoms with Crippen molar-refractivity contribution in [2.75, 3.05) is 0 Å². The van der Waals surface area contributed by atoms with Crippen LogP contribution in [0, 0.1) is 5.92 Å². The van der Waals surface area contributed by atoms with Gasteiger partial charge in [0.05, 0.1) is 0 Å². The second-order valence-corrected chi connectivity index (χ2v) is 11.0. The first-order valence-corrected chi connectivity index (χ1v) is 13.8. The third-order valence-electron chi connectivity index (χ3n) is 6.54. The van der Waals surface area contributed by atoms with Crippen LogP contribution in [0.3, 0.4) is 0 Å². The van der Waals surface area contributed by atoms with Crippen LogP contribution in [0.15, 0.2) is 127 Å². The van der Waals surface area contributed by atoms with E-state index in [1.807, 2.05) is 50.3 Å². The number of carbonyl (C=O) groups is 1. The molecule has 1 aliphatic rings. The smallest absolute Gasteiger partial charge is 0.318 e. The molecule has 0 fully saturated rings. The summed E-state index contributed by atoms with van der Waals surface area (Å²) >= 11 is 0. The van der Waals surface area contributed by atoms with Gasteiger partial charge in [0.1, 0.15) is 12.0 Å². The predicted octanol–water partition coefficient (Wildman–Crippen LogP) is 6.86. The highest BCUT2D eigenvalue weighted by Gasteiger charge is 2.31. The lowest BCUT2D eigenvalue weighted by Gasteiger charge is -2.26. The van der Waals surface area contributed by atoms with Gasteiger partial charge in [-0.1, -0.05) is 130 Å². The zero-order chi connectivity index (χ0) is 25.5. The lowest BCUT2D eigenvalue weighted by Crippen LogP contribution is -2.28. The van der Waals surface area contributed by atoms with E-state index in [4.69, 9.17) is 4.74 Å². The van der Waals surface area contributed by atoms with Gasteiger partial charge in [0.15, 0.2) is 0 Å². The van der Waals surface area contributed by atoms with E-state index in [0.29, 0.717) is 0 Å². The zero-order valence-electron chi connectivity index (χ0n) is 21.1. The Hall–Kier alpha value is -3.48. The van der Waals surface area contributed by atoms with Crippen LogP contribution in [0.25, 0.3) is 5.57 Å². The van der Waals surface area contributed by atoms with E-state index in [2.05, 4.69) is 79.9 Å². The molecule has 0 N–H and O–H groups in total. The minimum Gasteiger partial charge on any atom is -0.453 e. The quantitative estimate of drug-likeness (QED) is 0.176. The van der Waals surface area contributed by atoms with E-state index >= 15 is 0 Å². The first-order valence-electron chi connectivity index (χ1n) is 12.5. The zero-order valence-corrected chi connectivity index (χ0v) is 22.0. The Morgan fingerprint density at radius 3 is 1.92 bits per heavy atom. The van der Waals surface area contributed by atoms with E-state index in [1.54, 1.807) is 0 Å². The van der Waals surface area contributed by atoms with Crippen molar-refractivity contribution in [2.24, 2.45) is 5.92 Å². The van der Waals surface area contributed by atoms with Crippen LogP contribution in [-0.2, 0) is 9.53 Å². The van der Waals surface area contributed by atoms with Gasteiger partial charge in [-0.3, -0.25) is 4.79 Å². The molecule has 4 rings (SSSR count). The maximum Gasteiger partial charge on any atom is 0.318 e. The molecule has 0 radical (unpaired) electrons. The third kappa shape index (κ3) is 5.50. The molecule has 1 atom stereocenters. The van der Waals surface area contributed by atoms with E-state index in [0.717, 1.165) is 35.1 Å². The van der Waals surface area contributed by atoms with Crippen molar-refractivity contribution >= 4 is 35.4 Å². The average Bonchev–Trinajstić information content (AvgIpc) is 3.42. The summed E-state index contributed by atoms with van der Waals surface area (Å²) in [6.07, 6.45) is 6.96. The van der Waals surface area contributed by atoms with Crippen molar-refractivity contribution in [3.05, 3.63) is 133 Å². The molecule has 1 unspecified atom stereocenters. The van der Waals surface area contributed by atoms with Gasteiger partial charge in [-0.2, -0.15) is 0 Å². The van der Waals surface area contributed by atoms with E-state index < -0.39 is 19.9 Å². The van der Waals surface area contributed by atoms with Crippen molar-refractivity contribution < 1.29 is 9.53 Å². The van der Waals surface area contributed by atoms with Crippen LogP contribution in [0.2, 0.25) is 0 Å². The highest BCUT2D eigenvalue weighted by molar-refractivity contribution is 7.80. The number of allylic oxidation sites excluding steroid dienone is 2. The number of hydrogen-bond donors (Lipinski definition) is 0. The monoisotopic (exact) mass is 492 g/mol. The standard InChI is InChI=1S/C33H33O2P/c1-5-24(3)32(25(4)6-2)35-33(34)30-22-15-21-28(30)29-20-13-14-23-31(29)36(26-16-9-7-10-17-26)27-18-11-8-12-19-27/h7-23,30,32H,3-6H2,1-2H3. The molecule has 0 saturated heterocycles. The molecule has 0 heterocycles. The lowest BCUT2D eigenvalue weighted by molar-refractivity contribution is -0.147. The number of rotatable bonds is 10. The van der Waals surface area contributed by atoms with E-state index in [9.17, 15) is 4.79 Å². The van der Waals surface area contributed by atoms with Crippen LogP contribution in [0.5, 0.6) is 0 Å². The molecule has 2 nitrogen and oxygen atoms in total. The molecule has 182 valence electrons. The van der Waals surface area contributed by atoms with E-state index in [-0.39, 0.29) is 5.97 Å². The topological polar surface area (TPSA) is 26.3 Å². The number of esters is 1. The predicted molar refractivity (Wildman–Crippen MR) is 154 cm³/mol. The van der Waals surface area contributed by atoms with Crippen molar-refractivity contribution in [1.29, 1.82) is 0 Å². The highest BCUT2D eigenvalue weighted by atomic mass is 31.1. The Morgan fingerprint density at radius 1 is 0.833 bits per heavy atom. The summed E-state index contributed by atoms with van der Waals surface area (Å²) < 4.78 is 6.04. The second kappa shape index (κ2) is 12.0. The van der Waals surface area contributed by atoms with Gasteiger partial charge in [-0.25, -0.2) is 0 Å². The van der Waals surface area contributed by atoms with Crippen molar-refractivity contribution in [3.63, 3.8) is 0 Å². The fourth-order valence-corrected chi connectivity index (χ4v) is 6.92. The first kappa shape index (κ1) is 25.6. The fourth-order valence-electron chi connectivity index (χ4n) is 4.45. The maximum atomic E-state index is 13.5. The van der Waals surface area contributed by atoms with Gasteiger partial charge >= 0.3 is 5.97 Å². The summed E-state index contributed by atoms with van der Waals surface area (Å²) in [6, 6.07) is 29.7. The summed E-state index contributed by atoms with van der Waals surface area (Å²) in [7, 11) is -0.813. The van der Waals surface area contributed by atoms with Crippen LogP contribution in [0.1, 0.15) is 32.3 Å². The summed E-state index contributed by atoms with van der Waals surface area (Å²) in [4.78, 5) is 13.5. The van der Waals surface area contributed by atoms with Crippen LogP contribution >= 0.6 is 7.92 Å². The molecular formula is C33H33O2P. The Labute approximate surface area is 216 Å². The first-order chi connectivity index (χ1) is 17.5. The highest BCUT2D eigenvalue weighted by Crippen LogP contribution is 2.39. The molecule has 3 aromatic rings. The normalized spacial score (nSPS) is 14.7. The molecule has 0 saturated carbocycles. The SMILES string of the molecule is C=C(CC)C(OC(=O)C1C=CC=C1c1ccccc1P(c1ccccc1)c1ccccc1)C(=C)CC. The summed E-state index contributed by atoms with van der Waals surface area (Å²) in [5.41, 5.74) is 3.81. The molecule has 3 heteroatoms. The van der Waals surface area contributed by atoms with Gasteiger partial charge in [0.25, 0.3) is 0 Å². The molecule has 0 spiro atoms. The number of benzene rings is 3. The number of hydrogen-bond acceptors (Lipinski definition) is 2. The van der Waals surface area contributed by atoms with Gasteiger partial charge < -0.3 is 4.74 Å². The van der Waals surface area contributed by atoms with Gasteiger partial charge in [-0.05, 0) is 59.0 Å². The molecule has 0 aliphatic heterocycles. The Morgan fingerprint density at radius 2 is 1.36 bits per heavy atom. The van der Waals surface area contributed by atoms with Crippen molar-refractivity contribution in [2.45, 2.75) is 32.8 Å². The number of carbonyl (C=O) groups excluding carboxylic acids is 1. The van der Waals surface area contributed by atoms with E-state index in [1.165, 1.54) is 15.9 Å². The average molecular weight is 493 g/mol. The molecule has 1 aliphatic carbocycles. The summed E-state index contributed by atoms with van der Waals surface area (Å²) in [5, 5.41) is 3.77. The Bertz CT molecular complexity index is 1230. The second-order valence-electron chi connectivity index (χ2n) is 8.85. The lowest BCUT2D eigenvalue weighted by atomic mass is 9.95. The third-order valence-corrected chi connectivity index (χ3v) is 9.04. The summed E-state index contributed by atoms with van der Waals surface area (Å²) in [5.74, 6) is -0.728. The minimum absolute atomic E-state index is 0.261. The van der Waals surface area contributed by atoms with Gasteiger partial charge in [-0.15, -0.1) is 0 Å². The molecule has 0 bridgehead atoms.